The fraction of sp³-hybridized carbons (Fsp3) is 0.643. The summed E-state index contributed by atoms with van der Waals surface area (Å²) in [5.74, 6) is 0.461. The number of rotatable bonds is 6. The van der Waals surface area contributed by atoms with E-state index in [9.17, 15) is 4.79 Å². The van der Waals surface area contributed by atoms with Crippen LogP contribution in [0.2, 0.25) is 0 Å². The lowest BCUT2D eigenvalue weighted by Crippen LogP contribution is -2.42. The Hall–Kier alpha value is -1.11. The van der Waals surface area contributed by atoms with Crippen molar-refractivity contribution in [3.63, 3.8) is 0 Å². The van der Waals surface area contributed by atoms with Gasteiger partial charge in [0.1, 0.15) is 0 Å². The van der Waals surface area contributed by atoms with E-state index in [1.165, 1.54) is 4.88 Å². The van der Waals surface area contributed by atoms with Crippen LogP contribution < -0.4 is 10.6 Å². The Kier molecular flexibility index (Phi) is 5.82. The van der Waals surface area contributed by atoms with Gasteiger partial charge in [0.25, 0.3) is 0 Å². The minimum Gasteiger partial charge on any atom is -0.381 e. The molecular weight excluding hydrogens is 274 g/mol. The third kappa shape index (κ3) is 4.47. The van der Waals surface area contributed by atoms with Crippen LogP contribution >= 0.6 is 11.3 Å². The number of carbonyl (C=O) groups is 1. The van der Waals surface area contributed by atoms with Gasteiger partial charge in [0, 0.05) is 30.5 Å². The first-order valence-electron chi connectivity index (χ1n) is 6.96. The molecule has 20 heavy (non-hydrogen) atoms. The maximum atomic E-state index is 11.8. The van der Waals surface area contributed by atoms with Crippen molar-refractivity contribution in [3.8, 4) is 0 Å². The molecule has 0 bridgehead atoms. The van der Waals surface area contributed by atoms with Crippen LogP contribution in [0.3, 0.4) is 0 Å². The van der Waals surface area contributed by atoms with E-state index in [4.69, 9.17) is 4.74 Å². The van der Waals surface area contributed by atoms with Gasteiger partial charge in [-0.1, -0.05) is 6.07 Å². The zero-order valence-corrected chi connectivity index (χ0v) is 12.9. The lowest BCUT2D eigenvalue weighted by molar-refractivity contribution is 0.185. The highest BCUT2D eigenvalue weighted by molar-refractivity contribution is 7.10. The molecule has 112 valence electrons. The van der Waals surface area contributed by atoms with E-state index in [0.29, 0.717) is 19.0 Å². The molecule has 6 heteroatoms. The van der Waals surface area contributed by atoms with Crippen LogP contribution in [0.4, 0.5) is 4.79 Å². The second-order valence-electron chi connectivity index (χ2n) is 5.32. The van der Waals surface area contributed by atoms with Crippen LogP contribution in [-0.2, 0) is 4.74 Å². The van der Waals surface area contributed by atoms with E-state index < -0.39 is 0 Å². The Bertz CT molecular complexity index is 403. The van der Waals surface area contributed by atoms with E-state index in [2.05, 4.69) is 27.0 Å². The number of thiophene rings is 1. The molecular formula is C14H23N3O2S. The van der Waals surface area contributed by atoms with Gasteiger partial charge in [-0.25, -0.2) is 4.79 Å². The first-order valence-corrected chi connectivity index (χ1v) is 7.84. The normalized spacial score (nSPS) is 20.1. The quantitative estimate of drug-likeness (QED) is 0.840. The molecule has 0 spiro atoms. The Balaban J connectivity index is 1.73. The second kappa shape index (κ2) is 7.61. The van der Waals surface area contributed by atoms with E-state index in [0.717, 1.165) is 19.6 Å². The molecule has 5 nitrogen and oxygen atoms in total. The number of nitrogens with zero attached hydrogens (tertiary/aromatic N) is 1. The topological polar surface area (TPSA) is 53.6 Å². The van der Waals surface area contributed by atoms with Crippen LogP contribution in [-0.4, -0.2) is 51.3 Å². The van der Waals surface area contributed by atoms with Gasteiger partial charge in [0.15, 0.2) is 0 Å². The van der Waals surface area contributed by atoms with Gasteiger partial charge < -0.3 is 20.3 Å². The predicted molar refractivity (Wildman–Crippen MR) is 81.1 cm³/mol. The van der Waals surface area contributed by atoms with Gasteiger partial charge in [-0.15, -0.1) is 11.3 Å². The summed E-state index contributed by atoms with van der Waals surface area (Å²) < 4.78 is 5.29. The maximum Gasteiger partial charge on any atom is 0.314 e. The zero-order valence-electron chi connectivity index (χ0n) is 12.1. The van der Waals surface area contributed by atoms with Crippen LogP contribution in [0.25, 0.3) is 0 Å². The van der Waals surface area contributed by atoms with Gasteiger partial charge in [-0.05, 0) is 32.0 Å². The second-order valence-corrected chi connectivity index (χ2v) is 6.29. The highest BCUT2D eigenvalue weighted by Gasteiger charge is 2.18. The van der Waals surface area contributed by atoms with Crippen molar-refractivity contribution >= 4 is 17.4 Å². The number of urea groups is 1. The lowest BCUT2D eigenvalue weighted by atomic mass is 10.1. The summed E-state index contributed by atoms with van der Waals surface area (Å²) >= 11 is 1.71. The van der Waals surface area contributed by atoms with Crippen molar-refractivity contribution in [1.82, 2.24) is 15.5 Å². The predicted octanol–water partition coefficient (Wildman–Crippen LogP) is 1.69. The first-order chi connectivity index (χ1) is 9.66. The third-order valence-corrected chi connectivity index (χ3v) is 4.50. The van der Waals surface area contributed by atoms with Gasteiger partial charge in [0.05, 0.1) is 12.6 Å². The van der Waals surface area contributed by atoms with Gasteiger partial charge in [0.2, 0.25) is 0 Å². The van der Waals surface area contributed by atoms with Crippen molar-refractivity contribution in [2.45, 2.75) is 12.5 Å². The summed E-state index contributed by atoms with van der Waals surface area (Å²) in [6.07, 6.45) is 1.04. The lowest BCUT2D eigenvalue weighted by Gasteiger charge is -2.23. The Morgan fingerprint density at radius 1 is 1.55 bits per heavy atom. The smallest absolute Gasteiger partial charge is 0.314 e. The van der Waals surface area contributed by atoms with Crippen molar-refractivity contribution < 1.29 is 9.53 Å². The number of ether oxygens (including phenoxy) is 1. The van der Waals surface area contributed by atoms with Crippen LogP contribution in [0.1, 0.15) is 17.3 Å². The highest BCUT2D eigenvalue weighted by Crippen LogP contribution is 2.22. The molecule has 1 aliphatic rings. The Morgan fingerprint density at radius 2 is 2.40 bits per heavy atom. The van der Waals surface area contributed by atoms with Crippen molar-refractivity contribution in [2.75, 3.05) is 40.4 Å². The minimum absolute atomic E-state index is 0.0969. The molecule has 1 aliphatic heterocycles. The number of nitrogens with one attached hydrogen (secondary N) is 2. The van der Waals surface area contributed by atoms with E-state index in [-0.39, 0.29) is 12.1 Å². The molecule has 0 unspecified atom stereocenters. The van der Waals surface area contributed by atoms with Crippen LogP contribution in [0.15, 0.2) is 17.5 Å². The van der Waals surface area contributed by atoms with Gasteiger partial charge in [-0.3, -0.25) is 0 Å². The molecule has 0 aliphatic carbocycles. The fourth-order valence-corrected chi connectivity index (χ4v) is 3.17. The maximum absolute atomic E-state index is 11.8. The Morgan fingerprint density at radius 3 is 3.00 bits per heavy atom. The zero-order chi connectivity index (χ0) is 14.4. The van der Waals surface area contributed by atoms with E-state index in [1.54, 1.807) is 11.3 Å². The van der Waals surface area contributed by atoms with E-state index >= 15 is 0 Å². The average molecular weight is 297 g/mol. The largest absolute Gasteiger partial charge is 0.381 e. The first kappa shape index (κ1) is 15.3. The number of hydrogen-bond donors (Lipinski definition) is 2. The SMILES string of the molecule is CN(C)[C@@H](CNC(=O)NC[C@H]1CCOC1)c1cccs1. The highest BCUT2D eigenvalue weighted by atomic mass is 32.1. The van der Waals surface area contributed by atoms with Crippen molar-refractivity contribution in [1.29, 1.82) is 0 Å². The van der Waals surface area contributed by atoms with Crippen LogP contribution in [0.5, 0.6) is 0 Å². The minimum atomic E-state index is -0.0969. The monoisotopic (exact) mass is 297 g/mol. The Labute approximate surface area is 124 Å². The summed E-state index contributed by atoms with van der Waals surface area (Å²) in [5, 5.41) is 7.93. The molecule has 1 aromatic rings. The van der Waals surface area contributed by atoms with Gasteiger partial charge in [-0.2, -0.15) is 0 Å². The molecule has 1 aromatic heterocycles. The molecule has 2 amide bonds. The molecule has 0 radical (unpaired) electrons. The standard InChI is InChI=1S/C14H23N3O2S/c1-17(2)12(13-4-3-7-20-13)9-16-14(18)15-8-11-5-6-19-10-11/h3-4,7,11-12H,5-6,8-10H2,1-2H3,(H2,15,16,18)/t11-,12+/m1/s1. The van der Waals surface area contributed by atoms with Crippen molar-refractivity contribution in [3.05, 3.63) is 22.4 Å². The molecule has 2 rings (SSSR count). The summed E-state index contributed by atoms with van der Waals surface area (Å²) in [6, 6.07) is 4.26. The summed E-state index contributed by atoms with van der Waals surface area (Å²) in [7, 11) is 4.06. The molecule has 2 N–H and O–H groups in total. The summed E-state index contributed by atoms with van der Waals surface area (Å²) in [4.78, 5) is 15.2. The molecule has 1 fully saturated rings. The molecule has 0 aromatic carbocycles. The molecule has 2 atom stereocenters. The molecule has 0 saturated carbocycles. The summed E-state index contributed by atoms with van der Waals surface area (Å²) in [5.41, 5.74) is 0. The van der Waals surface area contributed by atoms with Gasteiger partial charge >= 0.3 is 6.03 Å². The summed E-state index contributed by atoms with van der Waals surface area (Å²) in [6.45, 7) is 2.88. The number of likely N-dealkylation sites (N-methyl/N-ethyl adjacent to an activating group) is 1. The van der Waals surface area contributed by atoms with Crippen LogP contribution in [0, 0.1) is 5.92 Å². The molecule has 2 heterocycles. The third-order valence-electron chi connectivity index (χ3n) is 3.53. The average Bonchev–Trinajstić information content (AvgIpc) is 3.09. The number of amides is 2. The fourth-order valence-electron chi connectivity index (χ4n) is 2.25. The number of carbonyl (C=O) groups excluding carboxylic acids is 1. The number of hydrogen-bond acceptors (Lipinski definition) is 4. The molecule has 1 saturated heterocycles. The van der Waals surface area contributed by atoms with Crippen molar-refractivity contribution in [2.24, 2.45) is 5.92 Å². The van der Waals surface area contributed by atoms with E-state index in [1.807, 2.05) is 20.2 Å².